The molecule has 0 atom stereocenters. The Morgan fingerprint density at radius 3 is 2.00 bits per heavy atom. The Bertz CT molecular complexity index is 1050. The van der Waals surface area contributed by atoms with Crippen molar-refractivity contribution in [1.29, 1.82) is 5.26 Å². The molecule has 0 spiro atoms. The first-order chi connectivity index (χ1) is 12.1. The fourth-order valence-corrected chi connectivity index (χ4v) is 4.02. The highest BCUT2D eigenvalue weighted by molar-refractivity contribution is 7.95. The highest BCUT2D eigenvalue weighted by Gasteiger charge is 2.46. The molecule has 2 rings (SSSR count). The maximum atomic E-state index is 13.7. The number of alkyl halides is 6. The molecule has 1 heterocycles. The van der Waals surface area contributed by atoms with E-state index in [-0.39, 0.29) is 0 Å². The van der Waals surface area contributed by atoms with E-state index in [1.54, 1.807) is 0 Å². The van der Waals surface area contributed by atoms with E-state index in [1.165, 1.54) is 6.07 Å². The molecule has 0 aliphatic heterocycles. The summed E-state index contributed by atoms with van der Waals surface area (Å²) in [6.45, 7) is 0. The molecule has 1 aromatic carbocycles. The van der Waals surface area contributed by atoms with Crippen LogP contribution in [-0.4, -0.2) is 22.1 Å². The Hall–Kier alpha value is -1.45. The molecule has 15 heteroatoms. The van der Waals surface area contributed by atoms with Crippen LogP contribution in [0.4, 0.5) is 23.4 Å². The van der Waals surface area contributed by atoms with Gasteiger partial charge in [0.25, 0.3) is 0 Å². The Morgan fingerprint density at radius 2 is 1.63 bits per heavy atom. The van der Waals surface area contributed by atoms with Crippen molar-refractivity contribution in [2.75, 3.05) is 5.73 Å². The van der Waals surface area contributed by atoms with Crippen molar-refractivity contribution in [3.05, 3.63) is 33.4 Å². The molecular weight excluding hydrogens is 482 g/mol. The van der Waals surface area contributed by atoms with Gasteiger partial charge >= 0.3 is 10.1 Å². The lowest BCUT2D eigenvalue weighted by Gasteiger charge is -2.14. The van der Waals surface area contributed by atoms with Gasteiger partial charge < -0.3 is 5.73 Å². The van der Waals surface area contributed by atoms with Gasteiger partial charge in [-0.1, -0.05) is 23.2 Å². The number of hydrogen-bond donors (Lipinski definition) is 1. The van der Waals surface area contributed by atoms with Crippen LogP contribution in [0, 0.1) is 11.3 Å². The second kappa shape index (κ2) is 6.86. The lowest BCUT2D eigenvalue weighted by atomic mass is 10.2. The van der Waals surface area contributed by atoms with Gasteiger partial charge in [0, 0.05) is 0 Å². The number of aromatic nitrogens is 2. The standard InChI is InChI=1S/C12H4Cl4F4N4O2S/c13-5-1-4(11(17,18)19)2-6(14)8(5)24-10(22)9(7(3-21)23-24)27(25,26)12(15,16)20/h1-2H,22H2. The molecular formula is C12H4Cl4F4N4O2S. The zero-order valence-electron chi connectivity index (χ0n) is 12.3. The van der Waals surface area contributed by atoms with E-state index in [2.05, 4.69) is 5.10 Å². The summed E-state index contributed by atoms with van der Waals surface area (Å²) in [5, 5.41) is 11.3. The van der Waals surface area contributed by atoms with E-state index in [4.69, 9.17) is 57.4 Å². The number of benzene rings is 1. The van der Waals surface area contributed by atoms with Crippen LogP contribution in [0.1, 0.15) is 11.3 Å². The highest BCUT2D eigenvalue weighted by atomic mass is 35.5. The monoisotopic (exact) mass is 484 g/mol. The van der Waals surface area contributed by atoms with Crippen LogP contribution < -0.4 is 5.73 Å². The number of sulfone groups is 1. The summed E-state index contributed by atoms with van der Waals surface area (Å²) in [5.74, 6) is -0.890. The van der Waals surface area contributed by atoms with Crippen LogP contribution in [-0.2, 0) is 16.0 Å². The average molecular weight is 486 g/mol. The molecule has 0 aliphatic carbocycles. The number of nitrogen functional groups attached to an aromatic ring is 1. The van der Waals surface area contributed by atoms with Crippen LogP contribution >= 0.6 is 46.4 Å². The third kappa shape index (κ3) is 3.77. The minimum Gasteiger partial charge on any atom is -0.382 e. The number of halogens is 8. The Balaban J connectivity index is 2.83. The highest BCUT2D eigenvalue weighted by Crippen LogP contribution is 2.42. The maximum Gasteiger partial charge on any atom is 0.416 e. The van der Waals surface area contributed by atoms with Crippen molar-refractivity contribution in [1.82, 2.24) is 9.78 Å². The second-order valence-electron chi connectivity index (χ2n) is 4.82. The molecule has 146 valence electrons. The van der Waals surface area contributed by atoms with E-state index in [0.717, 1.165) is 0 Å². The predicted molar refractivity (Wildman–Crippen MR) is 90.4 cm³/mol. The molecule has 6 nitrogen and oxygen atoms in total. The molecule has 0 fully saturated rings. The molecule has 0 bridgehead atoms. The lowest BCUT2D eigenvalue weighted by molar-refractivity contribution is -0.137. The maximum absolute atomic E-state index is 13.7. The van der Waals surface area contributed by atoms with Gasteiger partial charge in [0.1, 0.15) is 17.6 Å². The van der Waals surface area contributed by atoms with Gasteiger partial charge in [-0.3, -0.25) is 0 Å². The Morgan fingerprint density at radius 1 is 1.15 bits per heavy atom. The van der Waals surface area contributed by atoms with Crippen molar-refractivity contribution in [3.8, 4) is 11.8 Å². The normalized spacial score (nSPS) is 12.9. The number of nitrogens with two attached hydrogens (primary N) is 1. The van der Waals surface area contributed by atoms with E-state index in [9.17, 15) is 26.0 Å². The summed E-state index contributed by atoms with van der Waals surface area (Å²) in [7, 11) is -5.23. The van der Waals surface area contributed by atoms with Gasteiger partial charge in [0.15, 0.2) is 10.6 Å². The molecule has 1 aromatic heterocycles. The zero-order valence-corrected chi connectivity index (χ0v) is 16.2. The van der Waals surface area contributed by atoms with Gasteiger partial charge in [0.2, 0.25) is 9.84 Å². The summed E-state index contributed by atoms with van der Waals surface area (Å²) in [4.78, 5) is -1.18. The first-order valence-electron chi connectivity index (χ1n) is 6.29. The number of rotatable bonds is 3. The molecule has 0 amide bonds. The molecule has 0 saturated carbocycles. The Kier molecular flexibility index (Phi) is 5.55. The fraction of sp³-hybridized carbons (Fsp3) is 0.167. The smallest absolute Gasteiger partial charge is 0.382 e. The first-order valence-corrected chi connectivity index (χ1v) is 9.29. The van der Waals surface area contributed by atoms with E-state index >= 15 is 0 Å². The van der Waals surface area contributed by atoms with Gasteiger partial charge in [-0.25, -0.2) is 13.1 Å². The third-order valence-corrected chi connectivity index (χ3v) is 6.46. The lowest BCUT2D eigenvalue weighted by Crippen LogP contribution is -2.22. The number of nitrogens with zero attached hydrogens (tertiary/aromatic N) is 3. The van der Waals surface area contributed by atoms with Crippen molar-refractivity contribution >= 4 is 62.1 Å². The quantitative estimate of drug-likeness (QED) is 0.510. The topological polar surface area (TPSA) is 102 Å². The summed E-state index contributed by atoms with van der Waals surface area (Å²) in [5.41, 5.74) is 2.99. The summed E-state index contributed by atoms with van der Waals surface area (Å²) in [6.07, 6.45) is -4.78. The summed E-state index contributed by atoms with van der Waals surface area (Å²) in [6, 6.07) is 2.30. The van der Waals surface area contributed by atoms with Gasteiger partial charge in [-0.2, -0.15) is 27.9 Å². The first kappa shape index (κ1) is 21.8. The molecule has 0 aliphatic rings. The van der Waals surface area contributed by atoms with Gasteiger partial charge in [-0.15, -0.1) is 0 Å². The minimum absolute atomic E-state index is 0.468. The van der Waals surface area contributed by atoms with Crippen molar-refractivity contribution < 1.29 is 26.0 Å². The van der Waals surface area contributed by atoms with Crippen LogP contribution in [0.25, 0.3) is 5.69 Å². The molecule has 0 unspecified atom stereocenters. The van der Waals surface area contributed by atoms with Crippen molar-refractivity contribution in [2.24, 2.45) is 0 Å². The molecule has 2 aromatic rings. The van der Waals surface area contributed by atoms with Gasteiger partial charge in [0.05, 0.1) is 15.6 Å². The van der Waals surface area contributed by atoms with E-state index in [0.29, 0.717) is 16.8 Å². The van der Waals surface area contributed by atoms with Crippen molar-refractivity contribution in [3.63, 3.8) is 0 Å². The SMILES string of the molecule is N#Cc1nn(-c2c(Cl)cc(C(F)(F)F)cc2Cl)c(N)c1S(=O)(=O)C(F)(Cl)Cl. The average Bonchev–Trinajstić information content (AvgIpc) is 2.81. The number of hydrogen-bond acceptors (Lipinski definition) is 5. The molecule has 0 radical (unpaired) electrons. The predicted octanol–water partition coefficient (Wildman–Crippen LogP) is 4.48. The fourth-order valence-electron chi connectivity index (χ4n) is 1.97. The number of anilines is 1. The van der Waals surface area contributed by atoms with Gasteiger partial charge in [-0.05, 0) is 35.3 Å². The van der Waals surface area contributed by atoms with E-state index in [1.807, 2.05) is 0 Å². The molecule has 27 heavy (non-hydrogen) atoms. The zero-order chi connectivity index (χ0) is 20.9. The largest absolute Gasteiger partial charge is 0.416 e. The minimum atomic E-state index is -5.23. The molecule has 2 N–H and O–H groups in total. The summed E-state index contributed by atoms with van der Waals surface area (Å²) >= 11 is 21.6. The third-order valence-electron chi connectivity index (χ3n) is 3.11. The second-order valence-corrected chi connectivity index (χ2v) is 9.30. The van der Waals surface area contributed by atoms with Crippen molar-refractivity contribution in [2.45, 2.75) is 15.0 Å². The number of nitriles is 1. The van der Waals surface area contributed by atoms with E-state index < -0.39 is 57.6 Å². The van der Waals surface area contributed by atoms with Crippen LogP contribution in [0.5, 0.6) is 0 Å². The van der Waals surface area contributed by atoms with Crippen LogP contribution in [0.3, 0.4) is 0 Å². The van der Waals surface area contributed by atoms with Crippen LogP contribution in [0.15, 0.2) is 17.0 Å². The Labute approximate surface area is 168 Å². The van der Waals surface area contributed by atoms with Crippen LogP contribution in [0.2, 0.25) is 10.0 Å². The molecule has 0 saturated heterocycles. The summed E-state index contributed by atoms with van der Waals surface area (Å²) < 4.78 is 72.9.